The van der Waals surface area contributed by atoms with Crippen molar-refractivity contribution in [1.82, 2.24) is 0 Å². The Labute approximate surface area is 142 Å². The van der Waals surface area contributed by atoms with Crippen LogP contribution in [0.3, 0.4) is 0 Å². The van der Waals surface area contributed by atoms with Crippen LogP contribution in [0.4, 0.5) is 0 Å². The van der Waals surface area contributed by atoms with Crippen molar-refractivity contribution in [2.24, 2.45) is 0 Å². The normalized spacial score (nSPS) is 9.96. The van der Waals surface area contributed by atoms with Gasteiger partial charge in [0.2, 0.25) is 0 Å². The van der Waals surface area contributed by atoms with Gasteiger partial charge in [-0.1, -0.05) is 17.7 Å². The average Bonchev–Trinajstić information content (AvgIpc) is 2.60. The summed E-state index contributed by atoms with van der Waals surface area (Å²) in [5, 5.41) is 0. The SMILES string of the molecule is COc1ccc(COc2ccc(C(=O)OCC=C(C)C)cc2)cc1. The number of allylic oxidation sites excluding steroid dienone is 1. The lowest BCUT2D eigenvalue weighted by molar-refractivity contribution is 0.0549. The summed E-state index contributed by atoms with van der Waals surface area (Å²) in [7, 11) is 1.64. The highest BCUT2D eigenvalue weighted by Gasteiger charge is 2.06. The molecule has 0 saturated carbocycles. The maximum Gasteiger partial charge on any atom is 0.338 e. The Bertz CT molecular complexity index is 681. The zero-order valence-corrected chi connectivity index (χ0v) is 14.2. The van der Waals surface area contributed by atoms with Gasteiger partial charge in [0.25, 0.3) is 0 Å². The van der Waals surface area contributed by atoms with Crippen LogP contribution in [0.25, 0.3) is 0 Å². The molecule has 126 valence electrons. The van der Waals surface area contributed by atoms with E-state index in [1.165, 1.54) is 0 Å². The Morgan fingerprint density at radius 1 is 0.958 bits per heavy atom. The standard InChI is InChI=1S/C20H22O4/c1-15(2)12-13-23-20(21)17-6-10-19(11-7-17)24-14-16-4-8-18(22-3)9-5-16/h4-12H,13-14H2,1-3H3. The highest BCUT2D eigenvalue weighted by molar-refractivity contribution is 5.89. The monoisotopic (exact) mass is 326 g/mol. The van der Waals surface area contributed by atoms with Crippen LogP contribution in [-0.2, 0) is 11.3 Å². The largest absolute Gasteiger partial charge is 0.497 e. The zero-order valence-electron chi connectivity index (χ0n) is 14.2. The van der Waals surface area contributed by atoms with Crippen molar-refractivity contribution in [1.29, 1.82) is 0 Å². The number of esters is 1. The second-order valence-electron chi connectivity index (χ2n) is 5.54. The second kappa shape index (κ2) is 8.77. The first-order valence-corrected chi connectivity index (χ1v) is 7.75. The molecular formula is C20H22O4. The number of rotatable bonds is 7. The molecule has 0 amide bonds. The Kier molecular flexibility index (Phi) is 6.43. The van der Waals surface area contributed by atoms with Crippen LogP contribution < -0.4 is 9.47 Å². The Morgan fingerprint density at radius 3 is 2.17 bits per heavy atom. The van der Waals surface area contributed by atoms with Crippen LogP contribution in [0.15, 0.2) is 60.2 Å². The van der Waals surface area contributed by atoms with Crippen molar-refractivity contribution in [3.63, 3.8) is 0 Å². The number of hydrogen-bond acceptors (Lipinski definition) is 4. The molecule has 0 aromatic heterocycles. The third kappa shape index (κ3) is 5.47. The smallest absolute Gasteiger partial charge is 0.338 e. The van der Waals surface area contributed by atoms with Crippen molar-refractivity contribution in [2.75, 3.05) is 13.7 Å². The van der Waals surface area contributed by atoms with E-state index in [4.69, 9.17) is 14.2 Å². The van der Waals surface area contributed by atoms with Crippen LogP contribution in [0.2, 0.25) is 0 Å². The minimum atomic E-state index is -0.339. The fourth-order valence-corrected chi connectivity index (χ4v) is 1.94. The minimum absolute atomic E-state index is 0.289. The number of hydrogen-bond donors (Lipinski definition) is 0. The van der Waals surface area contributed by atoms with Gasteiger partial charge in [-0.3, -0.25) is 0 Å². The first-order chi connectivity index (χ1) is 11.6. The molecule has 0 aliphatic heterocycles. The van der Waals surface area contributed by atoms with Crippen LogP contribution in [0, 0.1) is 0 Å². The van der Waals surface area contributed by atoms with E-state index in [1.54, 1.807) is 31.4 Å². The van der Waals surface area contributed by atoms with Crippen molar-refractivity contribution >= 4 is 5.97 Å². The van der Waals surface area contributed by atoms with Crippen molar-refractivity contribution in [3.8, 4) is 11.5 Å². The van der Waals surface area contributed by atoms with Crippen LogP contribution >= 0.6 is 0 Å². The molecule has 0 saturated heterocycles. The molecule has 0 spiro atoms. The van der Waals surface area contributed by atoms with E-state index in [9.17, 15) is 4.79 Å². The number of methoxy groups -OCH3 is 1. The average molecular weight is 326 g/mol. The third-order valence-corrected chi connectivity index (χ3v) is 3.36. The Morgan fingerprint density at radius 2 is 1.58 bits per heavy atom. The van der Waals surface area contributed by atoms with Gasteiger partial charge in [-0.25, -0.2) is 4.79 Å². The van der Waals surface area contributed by atoms with Gasteiger partial charge in [0.15, 0.2) is 0 Å². The summed E-state index contributed by atoms with van der Waals surface area (Å²) in [6, 6.07) is 14.6. The molecule has 0 unspecified atom stereocenters. The summed E-state index contributed by atoms with van der Waals surface area (Å²) in [6.07, 6.45) is 1.87. The second-order valence-corrected chi connectivity index (χ2v) is 5.54. The van der Waals surface area contributed by atoms with E-state index in [1.807, 2.05) is 44.2 Å². The predicted octanol–water partition coefficient (Wildman–Crippen LogP) is 4.40. The zero-order chi connectivity index (χ0) is 17.4. The summed E-state index contributed by atoms with van der Waals surface area (Å²) in [6.45, 7) is 4.66. The molecule has 0 bridgehead atoms. The maximum atomic E-state index is 11.9. The summed E-state index contributed by atoms with van der Waals surface area (Å²) in [5.41, 5.74) is 2.67. The lowest BCUT2D eigenvalue weighted by Gasteiger charge is -2.08. The topological polar surface area (TPSA) is 44.8 Å². The van der Waals surface area contributed by atoms with E-state index < -0.39 is 0 Å². The van der Waals surface area contributed by atoms with Gasteiger partial charge in [0.05, 0.1) is 12.7 Å². The lowest BCUT2D eigenvalue weighted by atomic mass is 10.2. The minimum Gasteiger partial charge on any atom is -0.497 e. The fourth-order valence-electron chi connectivity index (χ4n) is 1.94. The maximum absolute atomic E-state index is 11.9. The third-order valence-electron chi connectivity index (χ3n) is 3.36. The Balaban J connectivity index is 1.86. The van der Waals surface area contributed by atoms with E-state index in [0.717, 1.165) is 16.9 Å². The fraction of sp³-hybridized carbons (Fsp3) is 0.250. The molecule has 2 aromatic carbocycles. The number of carbonyl (C=O) groups is 1. The van der Waals surface area contributed by atoms with Gasteiger partial charge < -0.3 is 14.2 Å². The van der Waals surface area contributed by atoms with Gasteiger partial charge in [-0.2, -0.15) is 0 Å². The molecule has 0 N–H and O–H groups in total. The lowest BCUT2D eigenvalue weighted by Crippen LogP contribution is -2.05. The molecule has 0 atom stereocenters. The van der Waals surface area contributed by atoms with Gasteiger partial charge in [0, 0.05) is 0 Å². The summed E-state index contributed by atoms with van der Waals surface area (Å²) in [4.78, 5) is 11.9. The first kappa shape index (κ1) is 17.6. The number of benzene rings is 2. The van der Waals surface area contributed by atoms with E-state index in [2.05, 4.69) is 0 Å². The van der Waals surface area contributed by atoms with E-state index in [-0.39, 0.29) is 12.6 Å². The van der Waals surface area contributed by atoms with E-state index in [0.29, 0.717) is 17.9 Å². The van der Waals surface area contributed by atoms with Crippen LogP contribution in [0.1, 0.15) is 29.8 Å². The van der Waals surface area contributed by atoms with E-state index >= 15 is 0 Å². The molecule has 0 fully saturated rings. The summed E-state index contributed by atoms with van der Waals surface area (Å²) in [5.74, 6) is 1.18. The molecule has 2 aromatic rings. The molecular weight excluding hydrogens is 304 g/mol. The van der Waals surface area contributed by atoms with Crippen molar-refractivity contribution in [3.05, 3.63) is 71.3 Å². The molecule has 0 aliphatic rings. The summed E-state index contributed by atoms with van der Waals surface area (Å²) >= 11 is 0. The molecule has 2 rings (SSSR count). The van der Waals surface area contributed by atoms with Crippen LogP contribution in [-0.4, -0.2) is 19.7 Å². The molecule has 4 heteroatoms. The molecule has 24 heavy (non-hydrogen) atoms. The van der Waals surface area contributed by atoms with Gasteiger partial charge in [0.1, 0.15) is 24.7 Å². The van der Waals surface area contributed by atoms with Crippen molar-refractivity contribution in [2.45, 2.75) is 20.5 Å². The highest BCUT2D eigenvalue weighted by atomic mass is 16.5. The molecule has 0 heterocycles. The molecule has 0 radical (unpaired) electrons. The predicted molar refractivity (Wildman–Crippen MR) is 93.5 cm³/mol. The van der Waals surface area contributed by atoms with Gasteiger partial charge >= 0.3 is 5.97 Å². The van der Waals surface area contributed by atoms with Gasteiger partial charge in [-0.15, -0.1) is 0 Å². The Hall–Kier alpha value is -2.75. The number of carbonyl (C=O) groups excluding carboxylic acids is 1. The summed E-state index contributed by atoms with van der Waals surface area (Å²) < 4.78 is 16.0. The van der Waals surface area contributed by atoms with Crippen LogP contribution in [0.5, 0.6) is 11.5 Å². The number of ether oxygens (including phenoxy) is 3. The molecule has 0 aliphatic carbocycles. The molecule has 4 nitrogen and oxygen atoms in total. The highest BCUT2D eigenvalue weighted by Crippen LogP contribution is 2.16. The van der Waals surface area contributed by atoms with Crippen molar-refractivity contribution < 1.29 is 19.0 Å². The quantitative estimate of drug-likeness (QED) is 0.559. The first-order valence-electron chi connectivity index (χ1n) is 7.75. The van der Waals surface area contributed by atoms with Gasteiger partial charge in [-0.05, 0) is 61.9 Å².